The monoisotopic (exact) mass is 269 g/mol. The first kappa shape index (κ1) is 16.3. The van der Waals surface area contributed by atoms with Crippen molar-refractivity contribution in [2.75, 3.05) is 19.7 Å². The summed E-state index contributed by atoms with van der Waals surface area (Å²) in [6, 6.07) is 0. The molecule has 0 saturated carbocycles. The van der Waals surface area contributed by atoms with Crippen LogP contribution in [-0.2, 0) is 4.74 Å². The second-order valence-electron chi connectivity index (χ2n) is 7.88. The van der Waals surface area contributed by atoms with Crippen LogP contribution in [-0.4, -0.2) is 30.7 Å². The minimum absolute atomic E-state index is 0.149. The number of hydrogen-bond acceptors (Lipinski definition) is 2. The van der Waals surface area contributed by atoms with E-state index in [1.165, 1.54) is 0 Å². The molecule has 0 aromatic carbocycles. The highest BCUT2D eigenvalue weighted by Crippen LogP contribution is 2.45. The molecule has 2 atom stereocenters. The number of rotatable bonds is 1. The van der Waals surface area contributed by atoms with Crippen molar-refractivity contribution in [3.63, 3.8) is 0 Å². The van der Waals surface area contributed by atoms with Crippen molar-refractivity contribution in [2.24, 2.45) is 22.7 Å². The van der Waals surface area contributed by atoms with E-state index in [9.17, 15) is 4.79 Å². The molecule has 3 heteroatoms. The molecule has 1 amide bonds. The molecular weight excluding hydrogens is 238 g/mol. The normalized spacial score (nSPS) is 25.3. The summed E-state index contributed by atoms with van der Waals surface area (Å²) in [5.74, 6) is 1.17. The lowest BCUT2D eigenvalue weighted by Crippen LogP contribution is -2.51. The van der Waals surface area contributed by atoms with Gasteiger partial charge in [0.25, 0.3) is 0 Å². The van der Waals surface area contributed by atoms with Crippen LogP contribution in [0.15, 0.2) is 0 Å². The zero-order chi connectivity index (χ0) is 14.8. The van der Waals surface area contributed by atoms with Gasteiger partial charge in [-0.15, -0.1) is 0 Å². The molecule has 0 aromatic rings. The van der Waals surface area contributed by atoms with Gasteiger partial charge in [-0.25, -0.2) is 4.79 Å². The van der Waals surface area contributed by atoms with E-state index in [1.807, 2.05) is 11.8 Å². The lowest BCUT2D eigenvalue weighted by atomic mass is 9.61. The fraction of sp³-hybridized carbons (Fsp3) is 0.938. The number of carbonyl (C=O) groups is 1. The fourth-order valence-corrected chi connectivity index (χ4v) is 3.25. The molecule has 0 bridgehead atoms. The van der Waals surface area contributed by atoms with Gasteiger partial charge in [-0.2, -0.15) is 0 Å². The summed E-state index contributed by atoms with van der Waals surface area (Å²) in [7, 11) is 0. The average Bonchev–Trinajstić information content (AvgIpc) is 2.26. The summed E-state index contributed by atoms with van der Waals surface area (Å²) in [4.78, 5) is 13.8. The standard InChI is InChI=1S/C16H31NO2/c1-8-19-14(18)17-10-9-12(15(2,3)4)13(11-17)16(5,6)7/h12-13H,8-11H2,1-7H3. The van der Waals surface area contributed by atoms with Gasteiger partial charge in [0.05, 0.1) is 6.61 Å². The van der Waals surface area contributed by atoms with E-state index in [1.54, 1.807) is 0 Å². The lowest BCUT2D eigenvalue weighted by Gasteiger charge is -2.49. The third kappa shape index (κ3) is 4.12. The van der Waals surface area contributed by atoms with Crippen molar-refractivity contribution >= 4 is 6.09 Å². The van der Waals surface area contributed by atoms with Gasteiger partial charge in [-0.3, -0.25) is 0 Å². The van der Waals surface area contributed by atoms with Crippen molar-refractivity contribution < 1.29 is 9.53 Å². The van der Waals surface area contributed by atoms with Gasteiger partial charge in [0.2, 0.25) is 0 Å². The molecule has 0 radical (unpaired) electrons. The van der Waals surface area contributed by atoms with Crippen LogP contribution in [0.3, 0.4) is 0 Å². The van der Waals surface area contributed by atoms with E-state index in [-0.39, 0.29) is 11.5 Å². The van der Waals surface area contributed by atoms with Crippen molar-refractivity contribution in [3.05, 3.63) is 0 Å². The van der Waals surface area contributed by atoms with E-state index in [4.69, 9.17) is 4.74 Å². The van der Waals surface area contributed by atoms with Crippen LogP contribution in [0.1, 0.15) is 54.9 Å². The van der Waals surface area contributed by atoms with Gasteiger partial charge >= 0.3 is 6.09 Å². The Hall–Kier alpha value is -0.730. The number of hydrogen-bond donors (Lipinski definition) is 0. The smallest absolute Gasteiger partial charge is 0.409 e. The van der Waals surface area contributed by atoms with Crippen LogP contribution in [0.4, 0.5) is 4.79 Å². The number of amides is 1. The molecule has 0 aromatic heterocycles. The van der Waals surface area contributed by atoms with Crippen LogP contribution in [0.2, 0.25) is 0 Å². The molecule has 1 fully saturated rings. The summed E-state index contributed by atoms with van der Waals surface area (Å²) in [5, 5.41) is 0. The summed E-state index contributed by atoms with van der Waals surface area (Å²) < 4.78 is 5.15. The first-order valence-corrected chi connectivity index (χ1v) is 7.49. The molecule has 0 N–H and O–H groups in total. The molecule has 0 spiro atoms. The average molecular weight is 269 g/mol. The van der Waals surface area contributed by atoms with Gasteiger partial charge in [0.15, 0.2) is 0 Å². The molecule has 0 aliphatic carbocycles. The first-order valence-electron chi connectivity index (χ1n) is 7.49. The fourth-order valence-electron chi connectivity index (χ4n) is 3.25. The second-order valence-corrected chi connectivity index (χ2v) is 7.88. The van der Waals surface area contributed by atoms with Gasteiger partial charge in [-0.1, -0.05) is 41.5 Å². The van der Waals surface area contributed by atoms with Crippen molar-refractivity contribution in [1.29, 1.82) is 0 Å². The molecule has 1 aliphatic heterocycles. The Labute approximate surface area is 118 Å². The second kappa shape index (κ2) is 5.72. The molecule has 112 valence electrons. The van der Waals surface area contributed by atoms with E-state index in [2.05, 4.69) is 41.5 Å². The number of piperidine rings is 1. The Morgan fingerprint density at radius 1 is 1.11 bits per heavy atom. The predicted molar refractivity (Wildman–Crippen MR) is 79.1 cm³/mol. The molecular formula is C16H31NO2. The lowest BCUT2D eigenvalue weighted by molar-refractivity contribution is -0.00743. The molecule has 1 aliphatic rings. The summed E-state index contributed by atoms with van der Waals surface area (Å²) in [6.45, 7) is 17.8. The third-order valence-electron chi connectivity index (χ3n) is 4.36. The van der Waals surface area contributed by atoms with Crippen LogP contribution < -0.4 is 0 Å². The van der Waals surface area contributed by atoms with Crippen LogP contribution in [0.5, 0.6) is 0 Å². The minimum atomic E-state index is -0.149. The summed E-state index contributed by atoms with van der Waals surface area (Å²) >= 11 is 0. The van der Waals surface area contributed by atoms with E-state index < -0.39 is 0 Å². The first-order chi connectivity index (χ1) is 8.57. The highest BCUT2D eigenvalue weighted by molar-refractivity contribution is 5.67. The van der Waals surface area contributed by atoms with Gasteiger partial charge in [-0.05, 0) is 36.0 Å². The number of carbonyl (C=O) groups excluding carboxylic acids is 1. The maximum atomic E-state index is 11.9. The Bertz CT molecular complexity index is 312. The SMILES string of the molecule is CCOC(=O)N1CCC(C(C)(C)C)C(C(C)(C)C)C1. The van der Waals surface area contributed by atoms with Crippen molar-refractivity contribution in [3.8, 4) is 0 Å². The molecule has 3 nitrogen and oxygen atoms in total. The number of nitrogens with zero attached hydrogens (tertiary/aromatic N) is 1. The van der Waals surface area contributed by atoms with Gasteiger partial charge in [0.1, 0.15) is 0 Å². The number of ether oxygens (including phenoxy) is 1. The maximum absolute atomic E-state index is 11.9. The molecule has 1 heterocycles. The van der Waals surface area contributed by atoms with Gasteiger partial charge < -0.3 is 9.64 Å². The Kier molecular flexibility index (Phi) is 4.91. The molecule has 1 saturated heterocycles. The van der Waals surface area contributed by atoms with Crippen LogP contribution in [0, 0.1) is 22.7 Å². The van der Waals surface area contributed by atoms with E-state index in [0.29, 0.717) is 23.9 Å². The highest BCUT2D eigenvalue weighted by atomic mass is 16.6. The highest BCUT2D eigenvalue weighted by Gasteiger charge is 2.43. The summed E-state index contributed by atoms with van der Waals surface area (Å²) in [5.41, 5.74) is 0.502. The molecule has 2 unspecified atom stereocenters. The van der Waals surface area contributed by atoms with E-state index >= 15 is 0 Å². The number of likely N-dealkylation sites (tertiary alicyclic amines) is 1. The minimum Gasteiger partial charge on any atom is -0.450 e. The quantitative estimate of drug-likeness (QED) is 0.715. The zero-order valence-corrected chi connectivity index (χ0v) is 13.7. The Morgan fingerprint density at radius 2 is 1.63 bits per heavy atom. The summed E-state index contributed by atoms with van der Waals surface area (Å²) in [6.07, 6.45) is 0.925. The third-order valence-corrected chi connectivity index (χ3v) is 4.36. The molecule has 19 heavy (non-hydrogen) atoms. The van der Waals surface area contributed by atoms with Crippen LogP contribution >= 0.6 is 0 Å². The maximum Gasteiger partial charge on any atom is 0.409 e. The van der Waals surface area contributed by atoms with E-state index in [0.717, 1.165) is 19.5 Å². The molecule has 1 rings (SSSR count). The predicted octanol–water partition coefficient (Wildman–Crippen LogP) is 4.17. The Balaban J connectivity index is 2.86. The Morgan fingerprint density at radius 3 is 2.05 bits per heavy atom. The van der Waals surface area contributed by atoms with Crippen molar-refractivity contribution in [1.82, 2.24) is 4.90 Å². The topological polar surface area (TPSA) is 29.5 Å². The largest absolute Gasteiger partial charge is 0.450 e. The zero-order valence-electron chi connectivity index (χ0n) is 13.7. The van der Waals surface area contributed by atoms with Crippen LogP contribution in [0.25, 0.3) is 0 Å². The van der Waals surface area contributed by atoms with Gasteiger partial charge in [0, 0.05) is 13.1 Å². The van der Waals surface area contributed by atoms with Crippen molar-refractivity contribution in [2.45, 2.75) is 54.9 Å².